The number of ether oxygens (including phenoxy) is 1. The van der Waals surface area contributed by atoms with Crippen molar-refractivity contribution in [1.29, 1.82) is 0 Å². The van der Waals surface area contributed by atoms with Gasteiger partial charge in [-0.15, -0.1) is 6.58 Å². The number of amides is 1. The Morgan fingerprint density at radius 1 is 1.35 bits per heavy atom. The summed E-state index contributed by atoms with van der Waals surface area (Å²) in [6.07, 6.45) is 1.78. The molecule has 0 rings (SSSR count). The first-order chi connectivity index (χ1) is 9.17. The molecule has 1 unspecified atom stereocenters. The normalized spacial score (nSPS) is 12.4. The van der Waals surface area contributed by atoms with Gasteiger partial charge in [0.1, 0.15) is 11.5 Å². The average molecular weight is 301 g/mol. The minimum Gasteiger partial charge on any atom is -0.459 e. The molecule has 0 spiro atoms. The standard InChI is InChI=1S/C14H23NO4S/c1-6-7-11(12(17)19-14(3,4)5)13(18)20-9-8-15-10(2)16/h6,11H,1,7-9H2,2-5H3,(H,15,16). The van der Waals surface area contributed by atoms with Gasteiger partial charge in [-0.2, -0.15) is 0 Å². The lowest BCUT2D eigenvalue weighted by atomic mass is 10.1. The van der Waals surface area contributed by atoms with Crippen LogP contribution in [-0.4, -0.2) is 34.9 Å². The third-order valence-electron chi connectivity index (χ3n) is 2.10. The number of thioether (sulfide) groups is 1. The molecule has 0 aliphatic rings. The number of allylic oxidation sites excluding steroid dienone is 1. The van der Waals surface area contributed by atoms with Gasteiger partial charge in [-0.05, 0) is 27.2 Å². The lowest BCUT2D eigenvalue weighted by Crippen LogP contribution is -2.32. The van der Waals surface area contributed by atoms with Crippen molar-refractivity contribution in [2.75, 3.05) is 12.3 Å². The molecular formula is C14H23NO4S. The maximum absolute atomic E-state index is 12.0. The van der Waals surface area contributed by atoms with Gasteiger partial charge in [0.15, 0.2) is 0 Å². The van der Waals surface area contributed by atoms with Crippen LogP contribution in [0.4, 0.5) is 0 Å². The van der Waals surface area contributed by atoms with Gasteiger partial charge in [0.05, 0.1) is 0 Å². The van der Waals surface area contributed by atoms with Crippen LogP contribution >= 0.6 is 11.8 Å². The number of carbonyl (C=O) groups is 3. The van der Waals surface area contributed by atoms with E-state index in [1.54, 1.807) is 20.8 Å². The Hall–Kier alpha value is -1.30. The summed E-state index contributed by atoms with van der Waals surface area (Å²) >= 11 is 1.02. The molecule has 0 fully saturated rings. The molecule has 1 atom stereocenters. The topological polar surface area (TPSA) is 72.5 Å². The van der Waals surface area contributed by atoms with Crippen LogP contribution in [0.3, 0.4) is 0 Å². The molecule has 1 N–H and O–H groups in total. The molecule has 0 aliphatic heterocycles. The summed E-state index contributed by atoms with van der Waals surface area (Å²) in [5, 5.41) is 2.33. The Morgan fingerprint density at radius 2 is 1.95 bits per heavy atom. The highest BCUT2D eigenvalue weighted by atomic mass is 32.2. The summed E-state index contributed by atoms with van der Waals surface area (Å²) in [6, 6.07) is 0. The summed E-state index contributed by atoms with van der Waals surface area (Å²) in [6.45, 7) is 10.6. The van der Waals surface area contributed by atoms with Crippen molar-refractivity contribution in [3.8, 4) is 0 Å². The van der Waals surface area contributed by atoms with Gasteiger partial charge in [-0.3, -0.25) is 14.4 Å². The zero-order valence-electron chi connectivity index (χ0n) is 12.5. The maximum Gasteiger partial charge on any atom is 0.318 e. The lowest BCUT2D eigenvalue weighted by molar-refractivity contribution is -0.160. The molecular weight excluding hydrogens is 278 g/mol. The average Bonchev–Trinajstić information content (AvgIpc) is 2.28. The van der Waals surface area contributed by atoms with Gasteiger partial charge in [-0.1, -0.05) is 17.8 Å². The highest BCUT2D eigenvalue weighted by Gasteiger charge is 2.30. The molecule has 0 aliphatic carbocycles. The van der Waals surface area contributed by atoms with Crippen LogP contribution < -0.4 is 5.32 Å². The third kappa shape index (κ3) is 8.74. The molecule has 20 heavy (non-hydrogen) atoms. The first-order valence-corrected chi connectivity index (χ1v) is 7.40. The predicted octanol–water partition coefficient (Wildman–Crippen LogP) is 1.92. The molecule has 0 aromatic carbocycles. The van der Waals surface area contributed by atoms with Gasteiger partial charge in [0.25, 0.3) is 0 Å². The highest BCUT2D eigenvalue weighted by molar-refractivity contribution is 8.13. The van der Waals surface area contributed by atoms with E-state index in [1.807, 2.05) is 0 Å². The molecule has 114 valence electrons. The summed E-state index contributed by atoms with van der Waals surface area (Å²) in [5.41, 5.74) is -0.627. The molecule has 1 amide bonds. The number of hydrogen-bond acceptors (Lipinski definition) is 5. The second kappa shape index (κ2) is 8.79. The second-order valence-corrected chi connectivity index (χ2v) is 6.36. The van der Waals surface area contributed by atoms with Crippen molar-refractivity contribution >= 4 is 28.8 Å². The van der Waals surface area contributed by atoms with E-state index < -0.39 is 17.5 Å². The van der Waals surface area contributed by atoms with E-state index in [0.717, 1.165) is 11.8 Å². The van der Waals surface area contributed by atoms with Gasteiger partial charge < -0.3 is 10.1 Å². The van der Waals surface area contributed by atoms with Crippen LogP contribution in [0, 0.1) is 5.92 Å². The second-order valence-electron chi connectivity index (χ2n) is 5.26. The van der Waals surface area contributed by atoms with Crippen LogP contribution in [0.5, 0.6) is 0 Å². The van der Waals surface area contributed by atoms with Crippen LogP contribution in [0.1, 0.15) is 34.1 Å². The van der Waals surface area contributed by atoms with E-state index in [0.29, 0.717) is 12.3 Å². The number of esters is 1. The Labute approximate surface area is 124 Å². The minimum atomic E-state index is -0.839. The van der Waals surface area contributed by atoms with Crippen molar-refractivity contribution in [3.05, 3.63) is 12.7 Å². The zero-order chi connectivity index (χ0) is 15.8. The summed E-state index contributed by atoms with van der Waals surface area (Å²) in [5.74, 6) is -1.09. The van der Waals surface area contributed by atoms with Gasteiger partial charge in [0.2, 0.25) is 11.0 Å². The Balaban J connectivity index is 4.42. The number of carbonyl (C=O) groups excluding carboxylic acids is 3. The number of hydrogen-bond donors (Lipinski definition) is 1. The Bertz CT molecular complexity index is 374. The van der Waals surface area contributed by atoms with Gasteiger partial charge >= 0.3 is 5.97 Å². The van der Waals surface area contributed by atoms with Crippen molar-refractivity contribution in [2.45, 2.75) is 39.7 Å². The van der Waals surface area contributed by atoms with E-state index in [2.05, 4.69) is 11.9 Å². The van der Waals surface area contributed by atoms with E-state index in [4.69, 9.17) is 4.74 Å². The van der Waals surface area contributed by atoms with E-state index in [-0.39, 0.29) is 17.4 Å². The molecule has 0 bridgehead atoms. The Kier molecular flexibility index (Phi) is 8.22. The van der Waals surface area contributed by atoms with Crippen LogP contribution in [-0.2, 0) is 19.1 Å². The van der Waals surface area contributed by atoms with Crippen molar-refractivity contribution in [1.82, 2.24) is 5.32 Å². The number of nitrogens with one attached hydrogen (secondary N) is 1. The Morgan fingerprint density at radius 3 is 2.40 bits per heavy atom. The van der Waals surface area contributed by atoms with Gasteiger partial charge in [-0.25, -0.2) is 0 Å². The smallest absolute Gasteiger partial charge is 0.318 e. The predicted molar refractivity (Wildman–Crippen MR) is 80.3 cm³/mol. The summed E-state index contributed by atoms with van der Waals surface area (Å²) in [4.78, 5) is 34.7. The first kappa shape index (κ1) is 18.7. The molecule has 0 aromatic rings. The molecule has 0 heterocycles. The van der Waals surface area contributed by atoms with Crippen LogP contribution in [0.15, 0.2) is 12.7 Å². The molecule has 0 saturated carbocycles. The van der Waals surface area contributed by atoms with Crippen molar-refractivity contribution in [2.24, 2.45) is 5.92 Å². The molecule has 0 radical (unpaired) electrons. The third-order valence-corrected chi connectivity index (χ3v) is 3.08. The fraction of sp³-hybridized carbons (Fsp3) is 0.643. The monoisotopic (exact) mass is 301 g/mol. The van der Waals surface area contributed by atoms with Crippen LogP contribution in [0.2, 0.25) is 0 Å². The molecule has 5 nitrogen and oxygen atoms in total. The summed E-state index contributed by atoms with van der Waals surface area (Å²) in [7, 11) is 0. The molecule has 0 saturated heterocycles. The quantitative estimate of drug-likeness (QED) is 0.336. The largest absolute Gasteiger partial charge is 0.459 e. The SMILES string of the molecule is C=CCC(C(=O)OC(C)(C)C)C(=O)SCCNC(C)=O. The fourth-order valence-corrected chi connectivity index (χ4v) is 2.11. The van der Waals surface area contributed by atoms with E-state index in [9.17, 15) is 14.4 Å². The number of rotatable bonds is 7. The summed E-state index contributed by atoms with van der Waals surface area (Å²) < 4.78 is 5.23. The maximum atomic E-state index is 12.0. The van der Waals surface area contributed by atoms with Crippen molar-refractivity contribution in [3.63, 3.8) is 0 Å². The van der Waals surface area contributed by atoms with Gasteiger partial charge in [0, 0.05) is 19.2 Å². The van der Waals surface area contributed by atoms with E-state index >= 15 is 0 Å². The molecule has 0 aromatic heterocycles. The molecule has 6 heteroatoms. The van der Waals surface area contributed by atoms with E-state index in [1.165, 1.54) is 13.0 Å². The fourth-order valence-electron chi connectivity index (χ4n) is 1.31. The first-order valence-electron chi connectivity index (χ1n) is 6.42. The van der Waals surface area contributed by atoms with Crippen LogP contribution in [0.25, 0.3) is 0 Å². The highest BCUT2D eigenvalue weighted by Crippen LogP contribution is 2.20. The minimum absolute atomic E-state index is 0.146. The van der Waals surface area contributed by atoms with Crippen molar-refractivity contribution < 1.29 is 19.1 Å². The zero-order valence-corrected chi connectivity index (χ0v) is 13.3. The lowest BCUT2D eigenvalue weighted by Gasteiger charge is -2.22.